The quantitative estimate of drug-likeness (QED) is 0.787. The minimum absolute atomic E-state index is 0.0480. The van der Waals surface area contributed by atoms with Crippen LogP contribution in [0.3, 0.4) is 0 Å². The molecule has 0 aliphatic rings. The van der Waals surface area contributed by atoms with Crippen molar-refractivity contribution in [2.75, 3.05) is 0 Å². The zero-order valence-corrected chi connectivity index (χ0v) is 15.0. The number of hydrogen-bond donors (Lipinski definition) is 2. The summed E-state index contributed by atoms with van der Waals surface area (Å²) in [5, 5.41) is 9.13. The normalized spacial score (nSPS) is 13.0. The lowest BCUT2D eigenvalue weighted by molar-refractivity contribution is -0.140. The molecule has 128 valence electrons. The van der Waals surface area contributed by atoms with Gasteiger partial charge in [-0.05, 0) is 42.3 Å². The van der Waals surface area contributed by atoms with Crippen molar-refractivity contribution in [1.29, 1.82) is 0 Å². The largest absolute Gasteiger partial charge is 0.480 e. The minimum Gasteiger partial charge on any atom is -0.480 e. The number of benzene rings is 2. The van der Waals surface area contributed by atoms with Crippen molar-refractivity contribution < 1.29 is 18.3 Å². The van der Waals surface area contributed by atoms with Gasteiger partial charge in [-0.25, -0.2) is 8.42 Å². The molecule has 0 fully saturated rings. The van der Waals surface area contributed by atoms with Crippen LogP contribution in [0.15, 0.2) is 69.3 Å². The molecule has 2 rings (SSSR count). The van der Waals surface area contributed by atoms with Crippen molar-refractivity contribution in [3.63, 3.8) is 0 Å². The first-order valence-electron chi connectivity index (χ1n) is 7.37. The van der Waals surface area contributed by atoms with E-state index in [1.807, 2.05) is 30.3 Å². The zero-order valence-electron chi connectivity index (χ0n) is 13.3. The lowest BCUT2D eigenvalue weighted by atomic mass is 10.1. The molecule has 0 saturated carbocycles. The lowest BCUT2D eigenvalue weighted by Crippen LogP contribution is -2.44. The van der Waals surface area contributed by atoms with E-state index in [-0.39, 0.29) is 10.8 Å². The number of aliphatic carboxylic acids is 1. The van der Waals surface area contributed by atoms with Gasteiger partial charge in [0, 0.05) is 9.79 Å². The van der Waals surface area contributed by atoms with Crippen LogP contribution in [0.5, 0.6) is 0 Å². The van der Waals surface area contributed by atoms with E-state index in [4.69, 9.17) is 5.11 Å². The second-order valence-electron chi connectivity index (χ2n) is 5.57. The van der Waals surface area contributed by atoms with Gasteiger partial charge in [0.1, 0.15) is 6.04 Å². The number of hydrogen-bond acceptors (Lipinski definition) is 4. The monoisotopic (exact) mass is 365 g/mol. The molecule has 2 aromatic rings. The molecule has 0 aromatic heterocycles. The topological polar surface area (TPSA) is 83.5 Å². The van der Waals surface area contributed by atoms with Gasteiger partial charge in [-0.3, -0.25) is 4.79 Å². The van der Waals surface area contributed by atoms with Crippen LogP contribution in [0.4, 0.5) is 0 Å². The molecule has 0 heterocycles. The molecule has 0 unspecified atom stereocenters. The lowest BCUT2D eigenvalue weighted by Gasteiger charge is -2.18. The van der Waals surface area contributed by atoms with E-state index in [0.29, 0.717) is 0 Å². The molecule has 0 spiro atoms. The fourth-order valence-corrected chi connectivity index (χ4v) is 4.19. The summed E-state index contributed by atoms with van der Waals surface area (Å²) in [6, 6.07) is 14.9. The average molecular weight is 365 g/mol. The average Bonchev–Trinajstić information content (AvgIpc) is 2.54. The van der Waals surface area contributed by atoms with E-state index in [1.165, 1.54) is 23.9 Å². The smallest absolute Gasteiger partial charge is 0.322 e. The Kier molecular flexibility index (Phi) is 6.04. The molecular formula is C17H19NO4S2. The van der Waals surface area contributed by atoms with Crippen LogP contribution in [0, 0.1) is 5.92 Å². The highest BCUT2D eigenvalue weighted by Gasteiger charge is 2.27. The summed E-state index contributed by atoms with van der Waals surface area (Å²) < 4.78 is 26.9. The number of nitrogens with one attached hydrogen (secondary N) is 1. The van der Waals surface area contributed by atoms with E-state index in [0.717, 1.165) is 9.79 Å². The van der Waals surface area contributed by atoms with Crippen molar-refractivity contribution in [3.8, 4) is 0 Å². The van der Waals surface area contributed by atoms with E-state index in [2.05, 4.69) is 4.72 Å². The molecule has 0 aliphatic carbocycles. The van der Waals surface area contributed by atoms with Gasteiger partial charge in [-0.2, -0.15) is 4.72 Å². The van der Waals surface area contributed by atoms with Crippen LogP contribution >= 0.6 is 11.8 Å². The number of carboxylic acid groups (broad SMARTS) is 1. The number of sulfonamides is 1. The summed E-state index contributed by atoms with van der Waals surface area (Å²) in [7, 11) is -3.88. The van der Waals surface area contributed by atoms with E-state index >= 15 is 0 Å². The fraction of sp³-hybridized carbons (Fsp3) is 0.235. The summed E-state index contributed by atoms with van der Waals surface area (Å²) in [6.45, 7) is 3.31. The second-order valence-corrected chi connectivity index (χ2v) is 8.43. The van der Waals surface area contributed by atoms with Gasteiger partial charge in [0.15, 0.2) is 0 Å². The first-order valence-corrected chi connectivity index (χ1v) is 9.67. The summed E-state index contributed by atoms with van der Waals surface area (Å²) in [5.41, 5.74) is 0. The molecule has 0 aliphatic heterocycles. The highest BCUT2D eigenvalue weighted by molar-refractivity contribution is 7.99. The first-order chi connectivity index (χ1) is 11.3. The molecule has 0 amide bonds. The molecular weight excluding hydrogens is 346 g/mol. The first kappa shape index (κ1) is 18.5. The molecule has 5 nitrogen and oxygen atoms in total. The summed E-state index contributed by atoms with van der Waals surface area (Å²) in [6.07, 6.45) is 0. The third-order valence-electron chi connectivity index (χ3n) is 3.33. The highest BCUT2D eigenvalue weighted by Crippen LogP contribution is 2.28. The van der Waals surface area contributed by atoms with Crippen LogP contribution in [-0.4, -0.2) is 25.5 Å². The Morgan fingerprint density at radius 1 is 1.00 bits per heavy atom. The van der Waals surface area contributed by atoms with Gasteiger partial charge in [-0.15, -0.1) is 0 Å². The Balaban J connectivity index is 2.15. The molecule has 0 radical (unpaired) electrons. The van der Waals surface area contributed by atoms with Crippen LogP contribution in [0.2, 0.25) is 0 Å². The van der Waals surface area contributed by atoms with Gasteiger partial charge in [0.05, 0.1) is 4.90 Å². The fourth-order valence-electron chi connectivity index (χ4n) is 2.02. The second kappa shape index (κ2) is 7.83. The molecule has 0 bridgehead atoms. The minimum atomic E-state index is -3.88. The Morgan fingerprint density at radius 2 is 1.54 bits per heavy atom. The SMILES string of the molecule is CC(C)[C@H](NS(=O)(=O)c1ccc(Sc2ccccc2)cc1)C(=O)O. The van der Waals surface area contributed by atoms with Gasteiger partial charge < -0.3 is 5.11 Å². The summed E-state index contributed by atoms with van der Waals surface area (Å²) in [4.78, 5) is 13.2. The molecule has 2 N–H and O–H groups in total. The van der Waals surface area contributed by atoms with Crippen LogP contribution in [0.1, 0.15) is 13.8 Å². The van der Waals surface area contributed by atoms with E-state index in [1.54, 1.807) is 26.0 Å². The van der Waals surface area contributed by atoms with Crippen LogP contribution < -0.4 is 4.72 Å². The standard InChI is InChI=1S/C17H19NO4S2/c1-12(2)16(17(19)20)18-24(21,22)15-10-8-14(9-11-15)23-13-6-4-3-5-7-13/h3-12,16,18H,1-2H3,(H,19,20)/t16-/m0/s1. The maximum Gasteiger partial charge on any atom is 0.322 e. The Bertz CT molecular complexity index is 787. The predicted molar refractivity (Wildman–Crippen MR) is 93.6 cm³/mol. The number of rotatable bonds is 7. The van der Waals surface area contributed by atoms with Crippen molar-refractivity contribution in [2.45, 2.75) is 34.6 Å². The van der Waals surface area contributed by atoms with E-state index < -0.39 is 22.0 Å². The van der Waals surface area contributed by atoms with Crippen LogP contribution in [-0.2, 0) is 14.8 Å². The third-order valence-corrected chi connectivity index (χ3v) is 5.80. The highest BCUT2D eigenvalue weighted by atomic mass is 32.2. The molecule has 1 atom stereocenters. The van der Waals surface area contributed by atoms with Crippen LogP contribution in [0.25, 0.3) is 0 Å². The maximum absolute atomic E-state index is 12.3. The van der Waals surface area contributed by atoms with E-state index in [9.17, 15) is 13.2 Å². The predicted octanol–water partition coefficient (Wildman–Crippen LogP) is 3.23. The van der Waals surface area contributed by atoms with Crippen molar-refractivity contribution in [1.82, 2.24) is 4.72 Å². The summed E-state index contributed by atoms with van der Waals surface area (Å²) >= 11 is 1.52. The summed E-state index contributed by atoms with van der Waals surface area (Å²) in [5.74, 6) is -1.55. The van der Waals surface area contributed by atoms with Crippen molar-refractivity contribution in [2.24, 2.45) is 5.92 Å². The zero-order chi connectivity index (χ0) is 17.7. The van der Waals surface area contributed by atoms with Gasteiger partial charge in [0.25, 0.3) is 0 Å². The third kappa shape index (κ3) is 4.83. The van der Waals surface area contributed by atoms with Gasteiger partial charge in [0.2, 0.25) is 10.0 Å². The molecule has 24 heavy (non-hydrogen) atoms. The maximum atomic E-state index is 12.3. The Morgan fingerprint density at radius 3 is 2.04 bits per heavy atom. The van der Waals surface area contributed by atoms with Crippen molar-refractivity contribution >= 4 is 27.8 Å². The number of carbonyl (C=O) groups is 1. The molecule has 7 heteroatoms. The molecule has 0 saturated heterocycles. The number of carboxylic acids is 1. The van der Waals surface area contributed by atoms with Crippen molar-refractivity contribution in [3.05, 3.63) is 54.6 Å². The Labute approximate surface area is 146 Å². The van der Waals surface area contributed by atoms with Gasteiger partial charge in [-0.1, -0.05) is 43.8 Å². The van der Waals surface area contributed by atoms with Gasteiger partial charge >= 0.3 is 5.97 Å². The Hall–Kier alpha value is -1.83. The molecule has 2 aromatic carbocycles.